The van der Waals surface area contributed by atoms with Crippen molar-refractivity contribution in [2.75, 3.05) is 0 Å². The van der Waals surface area contributed by atoms with Gasteiger partial charge < -0.3 is 0 Å². The van der Waals surface area contributed by atoms with Crippen molar-refractivity contribution < 1.29 is 8.52 Å². The fourth-order valence-corrected chi connectivity index (χ4v) is 1.93. The van der Waals surface area contributed by atoms with Gasteiger partial charge in [0.1, 0.15) is 0 Å². The second kappa shape index (κ2) is 2.36. The first-order chi connectivity index (χ1) is 3.39. The molecule has 7 heavy (non-hydrogen) atoms. The van der Waals surface area contributed by atoms with E-state index in [4.69, 9.17) is 3.73 Å². The van der Waals surface area contributed by atoms with Crippen molar-refractivity contribution in [1.29, 1.82) is 0 Å². The van der Waals surface area contributed by atoms with Gasteiger partial charge in [0, 0.05) is 0 Å². The van der Waals surface area contributed by atoms with Gasteiger partial charge in [-0.3, -0.25) is 0 Å². The maximum atomic E-state index is 10.3. The molecule has 3 heteroatoms. The molecule has 1 fully saturated rings. The van der Waals surface area contributed by atoms with Gasteiger partial charge in [0.2, 0.25) is 0 Å². The molecule has 0 radical (unpaired) electrons. The zero-order valence-electron chi connectivity index (χ0n) is 3.94. The van der Waals surface area contributed by atoms with Crippen LogP contribution in [0.25, 0.3) is 0 Å². The summed E-state index contributed by atoms with van der Waals surface area (Å²) in [5.41, 5.74) is 0. The number of carbonyl (C=O) groups excluding carboxylic acids is 1. The zero-order chi connectivity index (χ0) is 5.11. The van der Waals surface area contributed by atoms with E-state index in [0.29, 0.717) is 6.42 Å². The summed E-state index contributed by atoms with van der Waals surface area (Å²) in [6.07, 6.45) is 1.72. The van der Waals surface area contributed by atoms with Crippen LogP contribution >= 0.6 is 0 Å². The fraction of sp³-hybridized carbons (Fsp3) is 0.750. The van der Waals surface area contributed by atoms with E-state index >= 15 is 0 Å². The summed E-state index contributed by atoms with van der Waals surface area (Å²) in [7, 11) is 0. The Kier molecular flexibility index (Phi) is 1.75. The first-order valence-electron chi connectivity index (χ1n) is 2.32. The number of hydrogen-bond acceptors (Lipinski definition) is 2. The first-order valence-corrected chi connectivity index (χ1v) is 4.66. The van der Waals surface area contributed by atoms with Crippen LogP contribution in [-0.2, 0) is 8.52 Å². The molecule has 1 saturated heterocycles. The van der Waals surface area contributed by atoms with E-state index < -0.39 is 0 Å². The van der Waals surface area contributed by atoms with Crippen LogP contribution in [0.3, 0.4) is 0 Å². The third-order valence-corrected chi connectivity index (χ3v) is 2.80. The number of rotatable bonds is 0. The quantitative estimate of drug-likeness (QED) is 0.472. The van der Waals surface area contributed by atoms with Gasteiger partial charge in [0.15, 0.2) is 0 Å². The minimum atomic E-state index is -0.286. The SMILES string of the molecule is O=C1CCC[AsH]O1. The molecule has 1 atom stereocenters. The third kappa shape index (κ3) is 1.52. The van der Waals surface area contributed by atoms with E-state index in [1.54, 1.807) is 0 Å². The maximum absolute atomic E-state index is 10.3. The van der Waals surface area contributed by atoms with E-state index in [-0.39, 0.29) is 22.1 Å². The molecular formula is C4H7AsO2. The van der Waals surface area contributed by atoms with Gasteiger partial charge in [0.25, 0.3) is 0 Å². The molecule has 1 unspecified atom stereocenters. The molecule has 0 aromatic carbocycles. The average molecular weight is 162 g/mol. The summed E-state index contributed by atoms with van der Waals surface area (Å²) in [5.74, 6) is 0.0197. The van der Waals surface area contributed by atoms with E-state index in [1.165, 1.54) is 5.21 Å². The predicted octanol–water partition coefficient (Wildman–Crippen LogP) is 0.0932. The molecule has 0 saturated carbocycles. The van der Waals surface area contributed by atoms with Crippen molar-refractivity contribution in [3.63, 3.8) is 0 Å². The summed E-state index contributed by atoms with van der Waals surface area (Å²) < 4.78 is 4.76. The Balaban J connectivity index is 2.25. The molecule has 0 amide bonds. The zero-order valence-corrected chi connectivity index (χ0v) is 6.04. The van der Waals surface area contributed by atoms with Crippen molar-refractivity contribution in [2.24, 2.45) is 0 Å². The summed E-state index contributed by atoms with van der Waals surface area (Å²) in [6, 6.07) is 0. The Morgan fingerprint density at radius 3 is 2.86 bits per heavy atom. The molecular weight excluding hydrogens is 155 g/mol. The molecule has 1 aliphatic rings. The number of carbonyl (C=O) groups is 1. The molecule has 2 nitrogen and oxygen atoms in total. The van der Waals surface area contributed by atoms with E-state index in [1.807, 2.05) is 0 Å². The monoisotopic (exact) mass is 162 g/mol. The molecule has 0 aliphatic carbocycles. The van der Waals surface area contributed by atoms with Gasteiger partial charge in [0.05, 0.1) is 0 Å². The van der Waals surface area contributed by atoms with Gasteiger partial charge in [-0.05, 0) is 0 Å². The Labute approximate surface area is 49.3 Å². The standard InChI is InChI=1S/C4H7AsO2/c6-4-2-1-3-5-7-4/h5H,1-3H2. The molecule has 0 bridgehead atoms. The summed E-state index contributed by atoms with van der Waals surface area (Å²) in [5, 5.41) is 1.17. The van der Waals surface area contributed by atoms with Gasteiger partial charge in [-0.25, -0.2) is 0 Å². The second-order valence-corrected chi connectivity index (χ2v) is 3.55. The van der Waals surface area contributed by atoms with Crippen molar-refractivity contribution in [3.05, 3.63) is 0 Å². The Bertz CT molecular complexity index is 73.8. The van der Waals surface area contributed by atoms with Crippen LogP contribution in [0.1, 0.15) is 12.8 Å². The third-order valence-electron chi connectivity index (χ3n) is 0.846. The van der Waals surface area contributed by atoms with E-state index in [9.17, 15) is 4.79 Å². The molecule has 1 rings (SSSR count). The van der Waals surface area contributed by atoms with Crippen LogP contribution < -0.4 is 0 Å². The van der Waals surface area contributed by atoms with Gasteiger partial charge in [-0.2, -0.15) is 0 Å². The second-order valence-electron chi connectivity index (χ2n) is 1.47. The molecule has 0 aromatic rings. The van der Waals surface area contributed by atoms with Gasteiger partial charge in [-0.15, -0.1) is 0 Å². The Morgan fingerprint density at radius 1 is 1.71 bits per heavy atom. The molecule has 0 N–H and O–H groups in total. The predicted molar refractivity (Wildman–Crippen MR) is 27.3 cm³/mol. The molecule has 0 aromatic heterocycles. The van der Waals surface area contributed by atoms with Crippen LogP contribution in [0.4, 0.5) is 0 Å². The van der Waals surface area contributed by atoms with E-state index in [0.717, 1.165) is 6.42 Å². The van der Waals surface area contributed by atoms with Crippen molar-refractivity contribution in [1.82, 2.24) is 0 Å². The average Bonchev–Trinajstić information content (AvgIpc) is 1.69. The molecule has 0 spiro atoms. The number of hydrogen-bond donors (Lipinski definition) is 0. The Morgan fingerprint density at radius 2 is 2.57 bits per heavy atom. The van der Waals surface area contributed by atoms with Gasteiger partial charge in [-0.1, -0.05) is 0 Å². The van der Waals surface area contributed by atoms with Crippen LogP contribution in [0.15, 0.2) is 0 Å². The molecule has 40 valence electrons. The molecule has 1 heterocycles. The normalized spacial score (nSPS) is 24.9. The van der Waals surface area contributed by atoms with E-state index in [2.05, 4.69) is 0 Å². The van der Waals surface area contributed by atoms with Crippen molar-refractivity contribution >= 4 is 22.1 Å². The first kappa shape index (κ1) is 5.17. The summed E-state index contributed by atoms with van der Waals surface area (Å²) >= 11 is -0.286. The van der Waals surface area contributed by atoms with Crippen molar-refractivity contribution in [2.45, 2.75) is 18.1 Å². The minimum absolute atomic E-state index is 0.0197. The topological polar surface area (TPSA) is 26.3 Å². The van der Waals surface area contributed by atoms with Gasteiger partial charge >= 0.3 is 48.6 Å². The van der Waals surface area contributed by atoms with Crippen LogP contribution in [-0.4, -0.2) is 22.1 Å². The Hall–Kier alpha value is 0.0284. The fourth-order valence-electron chi connectivity index (χ4n) is 0.487. The van der Waals surface area contributed by atoms with Crippen LogP contribution in [0.2, 0.25) is 5.21 Å². The van der Waals surface area contributed by atoms with Crippen LogP contribution in [0, 0.1) is 0 Å². The summed E-state index contributed by atoms with van der Waals surface area (Å²) in [6.45, 7) is 0. The molecule has 1 aliphatic heterocycles. The van der Waals surface area contributed by atoms with Crippen LogP contribution in [0.5, 0.6) is 0 Å². The van der Waals surface area contributed by atoms with Crippen molar-refractivity contribution in [3.8, 4) is 0 Å². The summed E-state index contributed by atoms with van der Waals surface area (Å²) in [4.78, 5) is 10.3.